The van der Waals surface area contributed by atoms with Gasteiger partial charge in [0.2, 0.25) is 5.91 Å². The van der Waals surface area contributed by atoms with Gasteiger partial charge in [0.05, 0.1) is 6.04 Å². The van der Waals surface area contributed by atoms with Gasteiger partial charge in [-0.2, -0.15) is 0 Å². The van der Waals surface area contributed by atoms with Crippen LogP contribution in [0.4, 0.5) is 14.5 Å². The van der Waals surface area contributed by atoms with E-state index >= 15 is 0 Å². The predicted octanol–water partition coefficient (Wildman–Crippen LogP) is 3.89. The minimum atomic E-state index is -0.803. The van der Waals surface area contributed by atoms with Gasteiger partial charge in [-0.3, -0.25) is 14.5 Å². The fourth-order valence-corrected chi connectivity index (χ4v) is 3.40. The largest absolute Gasteiger partial charge is 0.320 e. The Kier molecular flexibility index (Phi) is 5.96. The van der Waals surface area contributed by atoms with Crippen molar-refractivity contribution in [2.24, 2.45) is 5.92 Å². The van der Waals surface area contributed by atoms with Crippen LogP contribution >= 0.6 is 0 Å². The second kappa shape index (κ2) is 8.39. The highest BCUT2D eigenvalue weighted by molar-refractivity contribution is 5.98. The van der Waals surface area contributed by atoms with E-state index in [9.17, 15) is 18.4 Å². The quantitative estimate of drug-likeness (QED) is 0.810. The number of carbonyl (C=O) groups excluding carboxylic acids is 2. The summed E-state index contributed by atoms with van der Waals surface area (Å²) in [5, 5.41) is 2.34. The maximum Gasteiger partial charge on any atom is 0.241 e. The lowest BCUT2D eigenvalue weighted by molar-refractivity contribution is -0.121. The van der Waals surface area contributed by atoms with Gasteiger partial charge >= 0.3 is 0 Å². The van der Waals surface area contributed by atoms with E-state index in [0.29, 0.717) is 31.5 Å². The predicted molar refractivity (Wildman–Crippen MR) is 99.5 cm³/mol. The normalized spacial score (nSPS) is 16.7. The summed E-state index contributed by atoms with van der Waals surface area (Å²) in [6, 6.07) is 12.1. The number of Topliss-reactive ketones (excluding diaryl/α,β-unsaturated/α-hetero) is 1. The summed E-state index contributed by atoms with van der Waals surface area (Å²) in [6.07, 6.45) is 1.30. The van der Waals surface area contributed by atoms with Crippen LogP contribution in [-0.4, -0.2) is 35.7 Å². The Morgan fingerprint density at radius 2 is 1.59 bits per heavy atom. The molecule has 0 bridgehead atoms. The summed E-state index contributed by atoms with van der Waals surface area (Å²) in [6.45, 7) is 2.86. The molecule has 6 heteroatoms. The Morgan fingerprint density at radius 1 is 1.00 bits per heavy atom. The lowest BCUT2D eigenvalue weighted by Crippen LogP contribution is -2.47. The monoisotopic (exact) mass is 372 g/mol. The zero-order valence-corrected chi connectivity index (χ0v) is 15.1. The molecule has 1 saturated heterocycles. The van der Waals surface area contributed by atoms with Crippen molar-refractivity contribution in [2.75, 3.05) is 18.4 Å². The summed E-state index contributed by atoms with van der Waals surface area (Å²) < 4.78 is 27.4. The number of ketones is 1. The molecule has 1 amide bonds. The van der Waals surface area contributed by atoms with Crippen LogP contribution in [0.2, 0.25) is 0 Å². The molecule has 0 aromatic heterocycles. The molecular weight excluding hydrogens is 350 g/mol. The van der Waals surface area contributed by atoms with Crippen LogP contribution in [0.5, 0.6) is 0 Å². The van der Waals surface area contributed by atoms with Gasteiger partial charge < -0.3 is 5.32 Å². The molecule has 142 valence electrons. The van der Waals surface area contributed by atoms with Crippen molar-refractivity contribution in [3.63, 3.8) is 0 Å². The minimum Gasteiger partial charge on any atom is -0.320 e. The third-order valence-electron chi connectivity index (χ3n) is 5.10. The number of benzene rings is 2. The summed E-state index contributed by atoms with van der Waals surface area (Å²) in [4.78, 5) is 26.9. The number of anilines is 1. The van der Waals surface area contributed by atoms with Gasteiger partial charge in [-0.05, 0) is 45.0 Å². The first kappa shape index (κ1) is 19.2. The van der Waals surface area contributed by atoms with E-state index < -0.39 is 29.3 Å². The Hall–Kier alpha value is -2.60. The number of para-hydroxylation sites is 1. The summed E-state index contributed by atoms with van der Waals surface area (Å²) in [5.41, 5.74) is 0.278. The van der Waals surface area contributed by atoms with Crippen LogP contribution in [0.3, 0.4) is 0 Å². The van der Waals surface area contributed by atoms with Gasteiger partial charge in [-0.25, -0.2) is 8.78 Å². The number of hydrogen-bond acceptors (Lipinski definition) is 3. The van der Waals surface area contributed by atoms with Crippen molar-refractivity contribution in [1.29, 1.82) is 0 Å². The van der Waals surface area contributed by atoms with E-state index in [-0.39, 0.29) is 11.7 Å². The van der Waals surface area contributed by atoms with Crippen molar-refractivity contribution in [1.82, 2.24) is 4.90 Å². The molecule has 4 nitrogen and oxygen atoms in total. The highest BCUT2D eigenvalue weighted by Gasteiger charge is 2.30. The van der Waals surface area contributed by atoms with Crippen LogP contribution < -0.4 is 5.32 Å². The molecule has 1 atom stereocenters. The number of rotatable bonds is 5. The summed E-state index contributed by atoms with van der Waals surface area (Å²) in [7, 11) is 0. The van der Waals surface area contributed by atoms with Crippen molar-refractivity contribution in [2.45, 2.75) is 25.8 Å². The van der Waals surface area contributed by atoms with Gasteiger partial charge in [0.1, 0.15) is 17.3 Å². The first-order valence-electron chi connectivity index (χ1n) is 9.05. The third-order valence-corrected chi connectivity index (χ3v) is 5.10. The molecule has 27 heavy (non-hydrogen) atoms. The smallest absolute Gasteiger partial charge is 0.241 e. The van der Waals surface area contributed by atoms with Gasteiger partial charge in [-0.1, -0.05) is 36.4 Å². The number of amides is 1. The van der Waals surface area contributed by atoms with E-state index in [1.807, 2.05) is 35.2 Å². The van der Waals surface area contributed by atoms with Gasteiger partial charge in [-0.15, -0.1) is 0 Å². The molecule has 2 aromatic rings. The van der Waals surface area contributed by atoms with Crippen LogP contribution in [-0.2, 0) is 4.79 Å². The minimum absolute atomic E-state index is 0.0667. The number of hydrogen-bond donors (Lipinski definition) is 1. The fourth-order valence-electron chi connectivity index (χ4n) is 3.40. The molecule has 1 aliphatic heterocycles. The first-order valence-corrected chi connectivity index (χ1v) is 9.05. The molecule has 0 radical (unpaired) electrons. The van der Waals surface area contributed by atoms with E-state index in [1.165, 1.54) is 6.07 Å². The third kappa shape index (κ3) is 4.39. The maximum absolute atomic E-state index is 13.7. The van der Waals surface area contributed by atoms with Crippen molar-refractivity contribution < 1.29 is 18.4 Å². The number of halogens is 2. The second-order valence-electron chi connectivity index (χ2n) is 6.80. The topological polar surface area (TPSA) is 49.4 Å². The van der Waals surface area contributed by atoms with Crippen LogP contribution in [0.1, 0.15) is 30.1 Å². The van der Waals surface area contributed by atoms with Gasteiger partial charge in [0.15, 0.2) is 5.78 Å². The first-order chi connectivity index (χ1) is 13.0. The highest BCUT2D eigenvalue weighted by Crippen LogP contribution is 2.24. The molecule has 2 aromatic carbocycles. The van der Waals surface area contributed by atoms with E-state index in [0.717, 1.165) is 12.1 Å². The number of piperidine rings is 1. The van der Waals surface area contributed by atoms with E-state index in [4.69, 9.17) is 0 Å². The SMILES string of the molecule is C[C@@H](C(=O)Nc1c(F)cccc1F)N1CCC(C(=O)c2ccccc2)CC1. The van der Waals surface area contributed by atoms with E-state index in [2.05, 4.69) is 5.32 Å². The molecule has 0 aliphatic carbocycles. The maximum atomic E-state index is 13.7. The van der Waals surface area contributed by atoms with Crippen LogP contribution in [0.15, 0.2) is 48.5 Å². The molecule has 1 heterocycles. The fraction of sp³-hybridized carbons (Fsp3) is 0.333. The second-order valence-corrected chi connectivity index (χ2v) is 6.80. The Labute approximate surface area is 157 Å². The number of nitrogens with zero attached hydrogens (tertiary/aromatic N) is 1. The number of carbonyl (C=O) groups is 2. The summed E-state index contributed by atoms with van der Waals surface area (Å²) in [5.74, 6) is -2.01. The lowest BCUT2D eigenvalue weighted by atomic mass is 9.88. The molecular formula is C21H22F2N2O2. The average molecular weight is 372 g/mol. The Morgan fingerprint density at radius 3 is 2.19 bits per heavy atom. The molecule has 0 saturated carbocycles. The van der Waals surface area contributed by atoms with Crippen LogP contribution in [0.25, 0.3) is 0 Å². The zero-order valence-electron chi connectivity index (χ0n) is 15.1. The average Bonchev–Trinajstić information content (AvgIpc) is 2.70. The van der Waals surface area contributed by atoms with Crippen LogP contribution in [0, 0.1) is 17.6 Å². The van der Waals surface area contributed by atoms with Crippen molar-refractivity contribution >= 4 is 17.4 Å². The molecule has 1 aliphatic rings. The molecule has 1 N–H and O–H groups in total. The zero-order chi connectivity index (χ0) is 19.4. The van der Waals surface area contributed by atoms with Gasteiger partial charge in [0, 0.05) is 11.5 Å². The highest BCUT2D eigenvalue weighted by atomic mass is 19.1. The molecule has 0 unspecified atom stereocenters. The van der Waals surface area contributed by atoms with Crippen molar-refractivity contribution in [3.05, 3.63) is 65.7 Å². The van der Waals surface area contributed by atoms with Gasteiger partial charge in [0.25, 0.3) is 0 Å². The number of likely N-dealkylation sites (tertiary alicyclic amines) is 1. The lowest BCUT2D eigenvalue weighted by Gasteiger charge is -2.34. The number of nitrogens with one attached hydrogen (secondary N) is 1. The molecule has 0 spiro atoms. The van der Waals surface area contributed by atoms with E-state index in [1.54, 1.807) is 6.92 Å². The Balaban J connectivity index is 1.57. The standard InChI is InChI=1S/C21H22F2N2O2/c1-14(21(27)24-19-17(22)8-5-9-18(19)23)25-12-10-16(11-13-25)20(26)15-6-3-2-4-7-15/h2-9,14,16H,10-13H2,1H3,(H,24,27)/t14-/m0/s1. The molecule has 1 fully saturated rings. The Bertz CT molecular complexity index is 798. The van der Waals surface area contributed by atoms with Crippen molar-refractivity contribution in [3.8, 4) is 0 Å². The molecule has 3 rings (SSSR count). The summed E-state index contributed by atoms with van der Waals surface area (Å²) >= 11 is 0.